The van der Waals surface area contributed by atoms with E-state index in [9.17, 15) is 18.0 Å². The fourth-order valence-electron chi connectivity index (χ4n) is 3.64. The molecular formula is C22H24F3N3O4. The Morgan fingerprint density at radius 1 is 1.16 bits per heavy atom. The summed E-state index contributed by atoms with van der Waals surface area (Å²) in [4.78, 5) is 16.1. The average molecular weight is 451 g/mol. The van der Waals surface area contributed by atoms with Crippen molar-refractivity contribution in [1.29, 1.82) is 0 Å². The lowest BCUT2D eigenvalue weighted by molar-refractivity contribution is -0.137. The maximum atomic E-state index is 13.3. The zero-order chi connectivity index (χ0) is 22.7. The molecule has 1 atom stereocenters. The van der Waals surface area contributed by atoms with Crippen LogP contribution >= 0.6 is 0 Å². The van der Waals surface area contributed by atoms with Gasteiger partial charge in [0.15, 0.2) is 17.6 Å². The molecule has 1 N–H and O–H groups in total. The minimum absolute atomic E-state index is 0.102. The van der Waals surface area contributed by atoms with Crippen LogP contribution in [0.15, 0.2) is 42.5 Å². The summed E-state index contributed by atoms with van der Waals surface area (Å²) < 4.78 is 56.7. The molecule has 4 rings (SSSR count). The largest absolute Gasteiger partial charge is 0.486 e. The number of hydrogen-bond acceptors (Lipinski definition) is 5. The van der Waals surface area contributed by atoms with Gasteiger partial charge in [-0.15, -0.1) is 0 Å². The third-order valence-corrected chi connectivity index (χ3v) is 5.31. The van der Waals surface area contributed by atoms with Gasteiger partial charge in [-0.25, -0.2) is 4.79 Å². The fourth-order valence-corrected chi connectivity index (χ4v) is 3.64. The van der Waals surface area contributed by atoms with E-state index in [0.717, 1.165) is 12.1 Å². The number of urea groups is 1. The van der Waals surface area contributed by atoms with Crippen LogP contribution in [0.1, 0.15) is 5.56 Å². The van der Waals surface area contributed by atoms with Crippen LogP contribution in [0.2, 0.25) is 0 Å². The first-order valence-electron chi connectivity index (χ1n) is 10.3. The zero-order valence-corrected chi connectivity index (χ0v) is 17.5. The molecule has 2 aromatic rings. The number of rotatable bonds is 4. The number of fused-ring (bicyclic) bond motifs is 1. The van der Waals surface area contributed by atoms with Crippen LogP contribution in [0, 0.1) is 0 Å². The van der Waals surface area contributed by atoms with Gasteiger partial charge in [-0.3, -0.25) is 0 Å². The van der Waals surface area contributed by atoms with E-state index >= 15 is 0 Å². The van der Waals surface area contributed by atoms with Gasteiger partial charge in [0.2, 0.25) is 0 Å². The molecule has 172 valence electrons. The Kier molecular flexibility index (Phi) is 6.31. The lowest BCUT2D eigenvalue weighted by Gasteiger charge is -2.32. The smallest absolute Gasteiger partial charge is 0.416 e. The number of carbonyl (C=O) groups is 1. The summed E-state index contributed by atoms with van der Waals surface area (Å²) in [6.45, 7) is 2.44. The lowest BCUT2D eigenvalue weighted by Crippen LogP contribution is -2.43. The van der Waals surface area contributed by atoms with Crippen molar-refractivity contribution in [1.82, 2.24) is 4.90 Å². The van der Waals surface area contributed by atoms with E-state index in [4.69, 9.17) is 14.2 Å². The third-order valence-electron chi connectivity index (χ3n) is 5.31. The van der Waals surface area contributed by atoms with Gasteiger partial charge >= 0.3 is 12.2 Å². The molecule has 0 aromatic heterocycles. The number of ether oxygens (including phenoxy) is 3. The summed E-state index contributed by atoms with van der Waals surface area (Å²) in [5.41, 5.74) is -0.202. The van der Waals surface area contributed by atoms with Crippen molar-refractivity contribution < 1.29 is 32.2 Å². The summed E-state index contributed by atoms with van der Waals surface area (Å²) in [6, 6.07) is 10.1. The van der Waals surface area contributed by atoms with Crippen molar-refractivity contribution in [2.75, 3.05) is 56.7 Å². The molecule has 0 saturated carbocycles. The summed E-state index contributed by atoms with van der Waals surface area (Å²) >= 11 is 0. The number of alkyl halides is 3. The number of hydrogen-bond donors (Lipinski definition) is 1. The minimum Gasteiger partial charge on any atom is -0.486 e. The minimum atomic E-state index is -4.52. The molecule has 2 aromatic carbocycles. The van der Waals surface area contributed by atoms with Gasteiger partial charge < -0.3 is 29.3 Å². The number of benzene rings is 2. The molecule has 0 bridgehead atoms. The van der Waals surface area contributed by atoms with Crippen LogP contribution in [0.5, 0.6) is 11.5 Å². The van der Waals surface area contributed by atoms with E-state index in [1.54, 1.807) is 19.2 Å². The molecule has 1 fully saturated rings. The number of nitrogens with one attached hydrogen (secondary N) is 1. The van der Waals surface area contributed by atoms with E-state index in [1.165, 1.54) is 11.0 Å². The van der Waals surface area contributed by atoms with Crippen molar-refractivity contribution in [3.8, 4) is 11.5 Å². The summed E-state index contributed by atoms with van der Waals surface area (Å²) in [7, 11) is 1.56. The molecule has 2 amide bonds. The molecule has 2 aliphatic heterocycles. The Morgan fingerprint density at radius 3 is 2.59 bits per heavy atom. The Bertz CT molecular complexity index is 964. The maximum absolute atomic E-state index is 13.3. The Morgan fingerprint density at radius 2 is 1.88 bits per heavy atom. The molecule has 0 radical (unpaired) electrons. The Balaban J connectivity index is 1.47. The van der Waals surface area contributed by atoms with E-state index in [2.05, 4.69) is 5.32 Å². The number of morpholine rings is 1. The van der Waals surface area contributed by atoms with E-state index < -0.39 is 23.9 Å². The van der Waals surface area contributed by atoms with Crippen molar-refractivity contribution in [3.05, 3.63) is 48.0 Å². The van der Waals surface area contributed by atoms with Gasteiger partial charge in [-0.2, -0.15) is 13.2 Å². The highest BCUT2D eigenvalue weighted by Crippen LogP contribution is 2.36. The molecule has 0 aliphatic carbocycles. The van der Waals surface area contributed by atoms with Crippen LogP contribution in [-0.4, -0.2) is 63.5 Å². The predicted molar refractivity (Wildman–Crippen MR) is 112 cm³/mol. The van der Waals surface area contributed by atoms with Crippen molar-refractivity contribution in [2.45, 2.75) is 12.3 Å². The third kappa shape index (κ3) is 5.01. The first kappa shape index (κ1) is 22.1. The van der Waals surface area contributed by atoms with E-state index in [1.807, 2.05) is 17.0 Å². The van der Waals surface area contributed by atoms with Gasteiger partial charge in [0, 0.05) is 20.1 Å². The second-order valence-electron chi connectivity index (χ2n) is 7.64. The summed E-state index contributed by atoms with van der Waals surface area (Å²) in [5, 5.41) is 2.64. The number of nitrogens with zero attached hydrogens (tertiary/aromatic N) is 2. The first-order chi connectivity index (χ1) is 15.3. The standard InChI is InChI=1S/C22H24F3N3O4/c1-27(13-16-14-31-19-4-2-3-5-20(19)32-16)21(29)26-17-12-15(22(23,24)25)6-7-18(17)28-8-10-30-11-9-28/h2-7,12,16H,8-11,13-14H2,1H3,(H,26,29). The van der Waals surface area contributed by atoms with Gasteiger partial charge in [0.25, 0.3) is 0 Å². The molecule has 7 nitrogen and oxygen atoms in total. The van der Waals surface area contributed by atoms with Gasteiger partial charge in [-0.1, -0.05) is 12.1 Å². The Labute approximate surface area is 183 Å². The molecule has 10 heteroatoms. The number of halogens is 3. The summed E-state index contributed by atoms with van der Waals surface area (Å²) in [5.74, 6) is 1.22. The van der Waals surface area contributed by atoms with Crippen LogP contribution in [0.4, 0.5) is 29.3 Å². The lowest BCUT2D eigenvalue weighted by atomic mass is 10.1. The number of anilines is 2. The predicted octanol–water partition coefficient (Wildman–Crippen LogP) is 3.85. The van der Waals surface area contributed by atoms with E-state index in [0.29, 0.717) is 43.5 Å². The maximum Gasteiger partial charge on any atom is 0.416 e. The molecule has 2 heterocycles. The molecule has 0 spiro atoms. The van der Waals surface area contributed by atoms with Gasteiger partial charge in [-0.05, 0) is 30.3 Å². The zero-order valence-electron chi connectivity index (χ0n) is 17.5. The quantitative estimate of drug-likeness (QED) is 0.765. The molecule has 1 saturated heterocycles. The Hall–Kier alpha value is -3.14. The van der Waals surface area contributed by atoms with Gasteiger partial charge in [0.1, 0.15) is 6.61 Å². The van der Waals surface area contributed by atoms with Crippen molar-refractivity contribution >= 4 is 17.4 Å². The molecule has 1 unspecified atom stereocenters. The van der Waals surface area contributed by atoms with Gasteiger partial charge in [0.05, 0.1) is 36.7 Å². The molecule has 2 aliphatic rings. The number of carbonyl (C=O) groups excluding carboxylic acids is 1. The monoisotopic (exact) mass is 451 g/mol. The summed E-state index contributed by atoms with van der Waals surface area (Å²) in [6.07, 6.45) is -4.92. The second kappa shape index (κ2) is 9.15. The van der Waals surface area contributed by atoms with Crippen LogP contribution in [0.3, 0.4) is 0 Å². The molecular weight excluding hydrogens is 427 g/mol. The number of para-hydroxylation sites is 2. The highest BCUT2D eigenvalue weighted by atomic mass is 19.4. The number of amides is 2. The van der Waals surface area contributed by atoms with Crippen LogP contribution in [0.25, 0.3) is 0 Å². The van der Waals surface area contributed by atoms with Crippen LogP contribution in [-0.2, 0) is 10.9 Å². The van der Waals surface area contributed by atoms with Crippen molar-refractivity contribution in [2.24, 2.45) is 0 Å². The topological polar surface area (TPSA) is 63.3 Å². The van der Waals surface area contributed by atoms with Crippen LogP contribution < -0.4 is 19.7 Å². The molecule has 32 heavy (non-hydrogen) atoms. The number of likely N-dealkylation sites (N-methyl/N-ethyl adjacent to an activating group) is 1. The highest BCUT2D eigenvalue weighted by Gasteiger charge is 2.32. The first-order valence-corrected chi connectivity index (χ1v) is 10.3. The van der Waals surface area contributed by atoms with Crippen molar-refractivity contribution in [3.63, 3.8) is 0 Å². The van der Waals surface area contributed by atoms with E-state index in [-0.39, 0.29) is 18.8 Å². The second-order valence-corrected chi connectivity index (χ2v) is 7.64. The average Bonchev–Trinajstić information content (AvgIpc) is 2.79. The SMILES string of the molecule is CN(CC1COc2ccccc2O1)C(=O)Nc1cc(C(F)(F)F)ccc1N1CCOCC1. The normalized spacial score (nSPS) is 18.2. The fraction of sp³-hybridized carbons (Fsp3) is 0.409. The highest BCUT2D eigenvalue weighted by molar-refractivity contribution is 5.93.